The van der Waals surface area contributed by atoms with E-state index in [0.717, 1.165) is 40.2 Å². The van der Waals surface area contributed by atoms with Crippen molar-refractivity contribution in [3.05, 3.63) is 59.9 Å². The van der Waals surface area contributed by atoms with Crippen LogP contribution in [0.3, 0.4) is 0 Å². The predicted octanol–water partition coefficient (Wildman–Crippen LogP) is 8.41. The summed E-state index contributed by atoms with van der Waals surface area (Å²) < 4.78 is 14.1. The number of halogens is 1. The first kappa shape index (κ1) is 25.6. The summed E-state index contributed by atoms with van der Waals surface area (Å²) in [6.45, 7) is 7.20. The van der Waals surface area contributed by atoms with Crippen LogP contribution in [0.1, 0.15) is 89.7 Å². The van der Waals surface area contributed by atoms with Crippen molar-refractivity contribution in [1.82, 2.24) is 4.90 Å². The van der Waals surface area contributed by atoms with Gasteiger partial charge in [0.25, 0.3) is 0 Å². The van der Waals surface area contributed by atoms with Crippen molar-refractivity contribution in [2.75, 3.05) is 19.6 Å². The highest BCUT2D eigenvalue weighted by molar-refractivity contribution is 6.09. The molecule has 0 amide bonds. The number of fused-ring (bicyclic) bond motifs is 3. The minimum Gasteiger partial charge on any atom is -0.387 e. The molecule has 0 aromatic heterocycles. The number of benzene rings is 3. The smallest absolute Gasteiger partial charge is 0.123 e. The number of aliphatic hydroxyl groups is 1. The number of rotatable bonds is 15. The SMILES string of the molecule is CCCCCCCN(CCCCCCC)CC(O)c1cc2ccccc2c2cc(F)ccc12. The Labute approximate surface area is 199 Å². The van der Waals surface area contributed by atoms with Gasteiger partial charge in [-0.15, -0.1) is 0 Å². The summed E-state index contributed by atoms with van der Waals surface area (Å²) in [4.78, 5) is 2.45. The molecule has 3 heteroatoms. The Hall–Kier alpha value is -1.97. The molecule has 3 aromatic rings. The molecule has 0 aliphatic rings. The second-order valence-electron chi connectivity index (χ2n) is 9.52. The van der Waals surface area contributed by atoms with Gasteiger partial charge >= 0.3 is 0 Å². The molecule has 0 fully saturated rings. The molecule has 180 valence electrons. The number of hydrogen-bond acceptors (Lipinski definition) is 2. The fourth-order valence-electron chi connectivity index (χ4n) is 4.90. The zero-order valence-electron chi connectivity index (χ0n) is 20.7. The Bertz CT molecular complexity index is 972. The third kappa shape index (κ3) is 7.52. The van der Waals surface area contributed by atoms with Crippen LogP contribution in [0.2, 0.25) is 0 Å². The van der Waals surface area contributed by atoms with Gasteiger partial charge in [-0.3, -0.25) is 0 Å². The molecule has 2 nitrogen and oxygen atoms in total. The number of aliphatic hydroxyl groups excluding tert-OH is 1. The molecule has 1 unspecified atom stereocenters. The first-order valence-corrected chi connectivity index (χ1v) is 13.1. The first-order chi connectivity index (χ1) is 16.1. The minimum atomic E-state index is -0.589. The number of nitrogens with zero attached hydrogens (tertiary/aromatic N) is 1. The molecule has 0 saturated carbocycles. The lowest BCUT2D eigenvalue weighted by atomic mass is 9.94. The van der Waals surface area contributed by atoms with Crippen LogP contribution < -0.4 is 0 Å². The lowest BCUT2D eigenvalue weighted by Gasteiger charge is -2.26. The maximum atomic E-state index is 14.1. The highest BCUT2D eigenvalue weighted by Crippen LogP contribution is 2.33. The van der Waals surface area contributed by atoms with Gasteiger partial charge in [0.15, 0.2) is 0 Å². The van der Waals surface area contributed by atoms with E-state index in [1.54, 1.807) is 6.07 Å². The summed E-state index contributed by atoms with van der Waals surface area (Å²) in [6, 6.07) is 15.1. The average molecular weight is 452 g/mol. The van der Waals surface area contributed by atoms with Gasteiger partial charge in [0, 0.05) is 6.54 Å². The van der Waals surface area contributed by atoms with E-state index >= 15 is 0 Å². The third-order valence-corrected chi connectivity index (χ3v) is 6.80. The summed E-state index contributed by atoms with van der Waals surface area (Å²) in [5, 5.41) is 15.3. The quantitative estimate of drug-likeness (QED) is 0.185. The van der Waals surface area contributed by atoms with Crippen molar-refractivity contribution in [3.63, 3.8) is 0 Å². The lowest BCUT2D eigenvalue weighted by Crippen LogP contribution is -2.31. The molecule has 1 atom stereocenters. The van der Waals surface area contributed by atoms with E-state index in [4.69, 9.17) is 0 Å². The molecule has 0 heterocycles. The van der Waals surface area contributed by atoms with Crippen LogP contribution in [0.4, 0.5) is 4.39 Å². The Morgan fingerprint density at radius 1 is 0.727 bits per heavy atom. The molecule has 1 N–H and O–H groups in total. The zero-order chi connectivity index (χ0) is 23.5. The molecule has 0 radical (unpaired) electrons. The second kappa shape index (κ2) is 13.7. The molecule has 0 spiro atoms. The number of unbranched alkanes of at least 4 members (excludes halogenated alkanes) is 8. The highest BCUT2D eigenvalue weighted by atomic mass is 19.1. The molecule has 0 aliphatic heterocycles. The van der Waals surface area contributed by atoms with Crippen LogP contribution in [0.5, 0.6) is 0 Å². The molecule has 3 rings (SSSR count). The Morgan fingerprint density at radius 2 is 1.36 bits per heavy atom. The lowest BCUT2D eigenvalue weighted by molar-refractivity contribution is 0.111. The van der Waals surface area contributed by atoms with Crippen LogP contribution in [-0.4, -0.2) is 29.6 Å². The minimum absolute atomic E-state index is 0.236. The summed E-state index contributed by atoms with van der Waals surface area (Å²) >= 11 is 0. The standard InChI is InChI=1S/C30H42FNO/c1-3-5-7-9-13-19-32(20-14-10-8-6-4-2)23-30(33)29-21-24-15-11-12-16-26(24)28-22-25(31)17-18-27(28)29/h11-12,15-18,21-22,30,33H,3-10,13-14,19-20,23H2,1-2H3. The van der Waals surface area contributed by atoms with Gasteiger partial charge in [0.05, 0.1) is 6.10 Å². The van der Waals surface area contributed by atoms with Crippen molar-refractivity contribution in [3.8, 4) is 0 Å². The van der Waals surface area contributed by atoms with Crippen molar-refractivity contribution in [2.45, 2.75) is 84.2 Å². The van der Waals surface area contributed by atoms with Crippen LogP contribution in [-0.2, 0) is 0 Å². The van der Waals surface area contributed by atoms with E-state index in [2.05, 4.69) is 30.9 Å². The van der Waals surface area contributed by atoms with Crippen LogP contribution in [0, 0.1) is 5.82 Å². The maximum Gasteiger partial charge on any atom is 0.123 e. The Morgan fingerprint density at radius 3 is 2.03 bits per heavy atom. The fourth-order valence-corrected chi connectivity index (χ4v) is 4.90. The average Bonchev–Trinajstić information content (AvgIpc) is 2.82. The van der Waals surface area contributed by atoms with E-state index in [1.807, 2.05) is 24.3 Å². The number of hydrogen-bond donors (Lipinski definition) is 1. The largest absolute Gasteiger partial charge is 0.387 e. The van der Waals surface area contributed by atoms with Crippen LogP contribution >= 0.6 is 0 Å². The van der Waals surface area contributed by atoms with E-state index < -0.39 is 6.10 Å². The van der Waals surface area contributed by atoms with Crippen LogP contribution in [0.15, 0.2) is 48.5 Å². The van der Waals surface area contributed by atoms with Gasteiger partial charge in [-0.2, -0.15) is 0 Å². The fraction of sp³-hybridized carbons (Fsp3) is 0.533. The van der Waals surface area contributed by atoms with E-state index in [0.29, 0.717) is 6.54 Å². The van der Waals surface area contributed by atoms with Crippen molar-refractivity contribution < 1.29 is 9.50 Å². The summed E-state index contributed by atoms with van der Waals surface area (Å²) in [5.74, 6) is -0.236. The maximum absolute atomic E-state index is 14.1. The van der Waals surface area contributed by atoms with E-state index in [1.165, 1.54) is 70.3 Å². The molecular formula is C30H42FNO. The van der Waals surface area contributed by atoms with Gasteiger partial charge < -0.3 is 10.0 Å². The van der Waals surface area contributed by atoms with Gasteiger partial charge in [-0.25, -0.2) is 4.39 Å². The Kier molecular flexibility index (Phi) is 10.6. The zero-order valence-corrected chi connectivity index (χ0v) is 20.7. The molecule has 0 aliphatic carbocycles. The van der Waals surface area contributed by atoms with Crippen LogP contribution in [0.25, 0.3) is 21.5 Å². The monoisotopic (exact) mass is 451 g/mol. The first-order valence-electron chi connectivity index (χ1n) is 13.1. The van der Waals surface area contributed by atoms with E-state index in [-0.39, 0.29) is 5.82 Å². The van der Waals surface area contributed by atoms with Crippen molar-refractivity contribution in [1.29, 1.82) is 0 Å². The van der Waals surface area contributed by atoms with Gasteiger partial charge in [-0.05, 0) is 71.2 Å². The predicted molar refractivity (Wildman–Crippen MR) is 140 cm³/mol. The topological polar surface area (TPSA) is 23.5 Å². The third-order valence-electron chi connectivity index (χ3n) is 6.80. The van der Waals surface area contributed by atoms with Gasteiger partial charge in [0.1, 0.15) is 5.82 Å². The van der Waals surface area contributed by atoms with Gasteiger partial charge in [-0.1, -0.05) is 95.5 Å². The molecule has 0 bridgehead atoms. The molecule has 33 heavy (non-hydrogen) atoms. The second-order valence-corrected chi connectivity index (χ2v) is 9.52. The summed E-state index contributed by atoms with van der Waals surface area (Å²) in [6.07, 6.45) is 12.0. The normalized spacial score (nSPS) is 12.8. The van der Waals surface area contributed by atoms with Crippen molar-refractivity contribution >= 4 is 21.5 Å². The summed E-state index contributed by atoms with van der Waals surface area (Å²) in [7, 11) is 0. The molecular weight excluding hydrogens is 409 g/mol. The molecule has 0 saturated heterocycles. The molecule has 3 aromatic carbocycles. The van der Waals surface area contributed by atoms with E-state index in [9.17, 15) is 9.50 Å². The van der Waals surface area contributed by atoms with Gasteiger partial charge in [0.2, 0.25) is 0 Å². The Balaban J connectivity index is 1.76. The van der Waals surface area contributed by atoms with Crippen molar-refractivity contribution in [2.24, 2.45) is 0 Å². The highest BCUT2D eigenvalue weighted by Gasteiger charge is 2.18. The summed E-state index contributed by atoms with van der Waals surface area (Å²) in [5.41, 5.74) is 0.908.